The molecule has 1 N–H and O–H groups in total. The topological polar surface area (TPSA) is 52.0 Å². The highest BCUT2D eigenvalue weighted by Gasteiger charge is 2.10. The van der Waals surface area contributed by atoms with Crippen LogP contribution in [0.1, 0.15) is 17.1 Å². The van der Waals surface area contributed by atoms with Crippen molar-refractivity contribution in [3.63, 3.8) is 0 Å². The first-order valence-corrected chi connectivity index (χ1v) is 6.35. The number of nitrogens with one attached hydrogen (secondary N) is 1. The van der Waals surface area contributed by atoms with Gasteiger partial charge in [-0.3, -0.25) is 9.55 Å². The van der Waals surface area contributed by atoms with Crippen molar-refractivity contribution in [3.8, 4) is 5.69 Å². The van der Waals surface area contributed by atoms with Gasteiger partial charge in [0.2, 0.25) is 5.95 Å². The van der Waals surface area contributed by atoms with Gasteiger partial charge in [0.05, 0.1) is 23.7 Å². The summed E-state index contributed by atoms with van der Waals surface area (Å²) in [5, 5.41) is 3.27. The van der Waals surface area contributed by atoms with E-state index in [1.54, 1.807) is 7.11 Å². The van der Waals surface area contributed by atoms with Crippen molar-refractivity contribution < 1.29 is 4.74 Å². The zero-order valence-corrected chi connectivity index (χ0v) is 11.9. The van der Waals surface area contributed by atoms with Gasteiger partial charge in [0.25, 0.3) is 0 Å². The van der Waals surface area contributed by atoms with Crippen molar-refractivity contribution in [2.75, 3.05) is 25.6 Å². The maximum absolute atomic E-state index is 5.04. The average Bonchev–Trinajstić information content (AvgIpc) is 2.71. The van der Waals surface area contributed by atoms with E-state index in [-0.39, 0.29) is 0 Å². The maximum Gasteiger partial charge on any atom is 0.207 e. The fraction of sp³-hybridized carbons (Fsp3) is 0.429. The van der Waals surface area contributed by atoms with Crippen LogP contribution in [0.15, 0.2) is 18.3 Å². The van der Waals surface area contributed by atoms with Gasteiger partial charge in [-0.2, -0.15) is 0 Å². The second-order valence-electron chi connectivity index (χ2n) is 4.55. The van der Waals surface area contributed by atoms with Gasteiger partial charge in [-0.25, -0.2) is 4.98 Å². The number of pyridine rings is 1. The molecular weight excluding hydrogens is 240 g/mol. The molecule has 0 amide bonds. The van der Waals surface area contributed by atoms with Gasteiger partial charge in [0.1, 0.15) is 0 Å². The molecule has 2 aromatic rings. The Bertz CT molecular complexity index is 563. The minimum atomic E-state index is 0.650. The van der Waals surface area contributed by atoms with Crippen LogP contribution < -0.4 is 5.32 Å². The molecule has 0 spiro atoms. The molecule has 102 valence electrons. The lowest BCUT2D eigenvalue weighted by molar-refractivity contribution is 0.210. The Labute approximate surface area is 113 Å². The summed E-state index contributed by atoms with van der Waals surface area (Å²) in [6.07, 6.45) is 2.01. The first kappa shape index (κ1) is 13.5. The molecule has 0 aromatic carbocycles. The van der Waals surface area contributed by atoms with Crippen LogP contribution in [0.5, 0.6) is 0 Å². The highest BCUT2D eigenvalue weighted by molar-refractivity contribution is 5.45. The van der Waals surface area contributed by atoms with Crippen LogP contribution in [0.2, 0.25) is 0 Å². The van der Waals surface area contributed by atoms with E-state index in [0.29, 0.717) is 6.61 Å². The Balaban J connectivity index is 2.32. The van der Waals surface area contributed by atoms with Gasteiger partial charge < -0.3 is 10.1 Å². The molecule has 2 aromatic heterocycles. The van der Waals surface area contributed by atoms with Crippen LogP contribution in [0.4, 0.5) is 5.95 Å². The summed E-state index contributed by atoms with van der Waals surface area (Å²) in [5.74, 6) is 0.823. The molecule has 0 unspecified atom stereocenters. The molecule has 0 saturated carbocycles. The third kappa shape index (κ3) is 3.12. The molecule has 0 aliphatic carbocycles. The normalized spacial score (nSPS) is 10.7. The van der Waals surface area contributed by atoms with E-state index >= 15 is 0 Å². The Kier molecular flexibility index (Phi) is 4.16. The lowest BCUT2D eigenvalue weighted by Crippen LogP contribution is -2.12. The Morgan fingerprint density at radius 1 is 1.16 bits per heavy atom. The molecule has 5 nitrogen and oxygen atoms in total. The van der Waals surface area contributed by atoms with E-state index in [1.807, 2.05) is 37.6 Å². The second kappa shape index (κ2) is 5.84. The molecular formula is C14H20N4O. The van der Waals surface area contributed by atoms with Crippen molar-refractivity contribution >= 4 is 5.95 Å². The van der Waals surface area contributed by atoms with Gasteiger partial charge in [-0.15, -0.1) is 0 Å². The minimum absolute atomic E-state index is 0.650. The number of ether oxygens (including phenoxy) is 1. The zero-order valence-electron chi connectivity index (χ0n) is 11.9. The second-order valence-corrected chi connectivity index (χ2v) is 4.55. The summed E-state index contributed by atoms with van der Waals surface area (Å²) in [7, 11) is 1.69. The van der Waals surface area contributed by atoms with E-state index in [9.17, 15) is 0 Å². The SMILES string of the molecule is COCCNc1nc(C)cn1-c1ccc(C)nc1C. The average molecular weight is 260 g/mol. The summed E-state index contributed by atoms with van der Waals surface area (Å²) in [6, 6.07) is 4.08. The quantitative estimate of drug-likeness (QED) is 0.838. The molecule has 0 aliphatic heterocycles. The number of rotatable bonds is 5. The Morgan fingerprint density at radius 2 is 1.95 bits per heavy atom. The van der Waals surface area contributed by atoms with Gasteiger partial charge in [0, 0.05) is 25.5 Å². The van der Waals surface area contributed by atoms with E-state index in [0.717, 1.165) is 35.3 Å². The van der Waals surface area contributed by atoms with Gasteiger partial charge in [0.15, 0.2) is 0 Å². The molecule has 0 fully saturated rings. The van der Waals surface area contributed by atoms with Crippen LogP contribution >= 0.6 is 0 Å². The largest absolute Gasteiger partial charge is 0.383 e. The molecule has 0 radical (unpaired) electrons. The lowest BCUT2D eigenvalue weighted by atomic mass is 10.2. The summed E-state index contributed by atoms with van der Waals surface area (Å²) < 4.78 is 7.08. The first-order chi connectivity index (χ1) is 9.11. The molecule has 19 heavy (non-hydrogen) atoms. The van der Waals surface area contributed by atoms with Crippen molar-refractivity contribution in [2.24, 2.45) is 0 Å². The van der Waals surface area contributed by atoms with E-state index < -0.39 is 0 Å². The number of aryl methyl sites for hydroxylation is 3. The fourth-order valence-electron chi connectivity index (χ4n) is 2.00. The Morgan fingerprint density at radius 3 is 2.63 bits per heavy atom. The van der Waals surface area contributed by atoms with Crippen molar-refractivity contribution in [2.45, 2.75) is 20.8 Å². The lowest BCUT2D eigenvalue weighted by Gasteiger charge is -2.11. The summed E-state index contributed by atoms with van der Waals surface area (Å²) >= 11 is 0. The summed E-state index contributed by atoms with van der Waals surface area (Å²) in [6.45, 7) is 7.36. The van der Waals surface area contributed by atoms with Crippen LogP contribution in [-0.4, -0.2) is 34.8 Å². The van der Waals surface area contributed by atoms with Crippen molar-refractivity contribution in [3.05, 3.63) is 35.4 Å². The molecule has 0 saturated heterocycles. The van der Waals surface area contributed by atoms with Gasteiger partial charge in [-0.1, -0.05) is 0 Å². The van der Waals surface area contributed by atoms with E-state index in [4.69, 9.17) is 4.74 Å². The molecule has 5 heteroatoms. The number of nitrogens with zero attached hydrogens (tertiary/aromatic N) is 3. The molecule has 0 bridgehead atoms. The van der Waals surface area contributed by atoms with E-state index in [2.05, 4.69) is 21.4 Å². The maximum atomic E-state index is 5.04. The summed E-state index contributed by atoms with van der Waals surface area (Å²) in [5.41, 5.74) is 4.03. The number of hydrogen-bond donors (Lipinski definition) is 1. The molecule has 2 heterocycles. The van der Waals surface area contributed by atoms with Crippen LogP contribution in [0, 0.1) is 20.8 Å². The van der Waals surface area contributed by atoms with Gasteiger partial charge in [-0.05, 0) is 32.9 Å². The highest BCUT2D eigenvalue weighted by Crippen LogP contribution is 2.19. The Hall–Kier alpha value is -1.88. The third-order valence-corrected chi connectivity index (χ3v) is 2.87. The van der Waals surface area contributed by atoms with Crippen molar-refractivity contribution in [1.82, 2.24) is 14.5 Å². The monoisotopic (exact) mass is 260 g/mol. The third-order valence-electron chi connectivity index (χ3n) is 2.87. The fourth-order valence-corrected chi connectivity index (χ4v) is 2.00. The summed E-state index contributed by atoms with van der Waals surface area (Å²) in [4.78, 5) is 8.99. The van der Waals surface area contributed by atoms with Gasteiger partial charge >= 0.3 is 0 Å². The molecule has 0 atom stereocenters. The number of aromatic nitrogens is 3. The van der Waals surface area contributed by atoms with Crippen molar-refractivity contribution in [1.29, 1.82) is 0 Å². The van der Waals surface area contributed by atoms with Crippen LogP contribution in [-0.2, 0) is 4.74 Å². The minimum Gasteiger partial charge on any atom is -0.383 e. The smallest absolute Gasteiger partial charge is 0.207 e. The predicted octanol–water partition coefficient (Wildman–Crippen LogP) is 2.25. The van der Waals surface area contributed by atoms with E-state index in [1.165, 1.54) is 0 Å². The number of imidazole rings is 1. The van der Waals surface area contributed by atoms with Crippen LogP contribution in [0.3, 0.4) is 0 Å². The number of anilines is 1. The van der Waals surface area contributed by atoms with Crippen LogP contribution in [0.25, 0.3) is 5.69 Å². The standard InChI is InChI=1S/C14H20N4O/c1-10-5-6-13(12(3)16-10)18-9-11(2)17-14(18)15-7-8-19-4/h5-6,9H,7-8H2,1-4H3,(H,15,17). The predicted molar refractivity (Wildman–Crippen MR) is 75.9 cm³/mol. The highest BCUT2D eigenvalue weighted by atomic mass is 16.5. The zero-order chi connectivity index (χ0) is 13.8. The number of methoxy groups -OCH3 is 1. The number of hydrogen-bond acceptors (Lipinski definition) is 4. The molecule has 2 rings (SSSR count). The molecule has 0 aliphatic rings. The first-order valence-electron chi connectivity index (χ1n) is 6.35.